The first-order valence-electron chi connectivity index (χ1n) is 4.05. The largest absolute Gasteiger partial charge is 0.300 e. The van der Waals surface area contributed by atoms with Gasteiger partial charge < -0.3 is 0 Å². The molecule has 1 aliphatic rings. The SMILES string of the molecule is Cc1cc(=O)n(C2CCC2)[nH]1. The Kier molecular flexibility index (Phi) is 1.37. The number of hydrogen-bond acceptors (Lipinski definition) is 1. The van der Waals surface area contributed by atoms with E-state index in [1.807, 2.05) is 6.92 Å². The second kappa shape index (κ2) is 2.26. The molecule has 0 spiro atoms. The third-order valence-electron chi connectivity index (χ3n) is 2.31. The maximum absolute atomic E-state index is 11.2. The molecule has 1 fully saturated rings. The smallest absolute Gasteiger partial charge is 0.266 e. The minimum absolute atomic E-state index is 0.118. The van der Waals surface area contributed by atoms with Crippen LogP contribution in [0.15, 0.2) is 10.9 Å². The van der Waals surface area contributed by atoms with Gasteiger partial charge in [-0.2, -0.15) is 0 Å². The van der Waals surface area contributed by atoms with E-state index in [0.717, 1.165) is 18.5 Å². The molecule has 3 heteroatoms. The first kappa shape index (κ1) is 6.70. The number of aromatic nitrogens is 2. The van der Waals surface area contributed by atoms with Crippen molar-refractivity contribution in [2.45, 2.75) is 32.2 Å². The monoisotopic (exact) mass is 152 g/mol. The van der Waals surface area contributed by atoms with Gasteiger partial charge in [-0.1, -0.05) is 0 Å². The molecule has 0 aromatic carbocycles. The van der Waals surface area contributed by atoms with E-state index in [-0.39, 0.29) is 5.56 Å². The average molecular weight is 152 g/mol. The standard InChI is InChI=1S/C8H12N2O/c1-6-5-8(11)10(9-6)7-3-2-4-7/h5,7,9H,2-4H2,1H3. The summed E-state index contributed by atoms with van der Waals surface area (Å²) in [5.74, 6) is 0. The number of nitrogens with one attached hydrogen (secondary N) is 1. The van der Waals surface area contributed by atoms with E-state index in [4.69, 9.17) is 0 Å². The third kappa shape index (κ3) is 1.00. The number of aromatic amines is 1. The second-order valence-corrected chi connectivity index (χ2v) is 3.23. The lowest BCUT2D eigenvalue weighted by Crippen LogP contribution is -2.26. The Bertz CT molecular complexity index is 306. The molecule has 0 atom stereocenters. The number of H-pyrrole nitrogens is 1. The van der Waals surface area contributed by atoms with Crippen molar-refractivity contribution < 1.29 is 0 Å². The second-order valence-electron chi connectivity index (χ2n) is 3.23. The van der Waals surface area contributed by atoms with E-state index in [1.165, 1.54) is 6.42 Å². The maximum atomic E-state index is 11.2. The summed E-state index contributed by atoms with van der Waals surface area (Å²) >= 11 is 0. The molecule has 0 radical (unpaired) electrons. The van der Waals surface area contributed by atoms with Crippen molar-refractivity contribution in [2.24, 2.45) is 0 Å². The van der Waals surface area contributed by atoms with Gasteiger partial charge in [-0.25, -0.2) is 4.68 Å². The van der Waals surface area contributed by atoms with Crippen molar-refractivity contribution in [2.75, 3.05) is 0 Å². The van der Waals surface area contributed by atoms with Crippen LogP contribution >= 0.6 is 0 Å². The fourth-order valence-electron chi connectivity index (χ4n) is 1.45. The zero-order valence-electron chi connectivity index (χ0n) is 6.63. The van der Waals surface area contributed by atoms with Crippen LogP contribution in [0.4, 0.5) is 0 Å². The Morgan fingerprint density at radius 1 is 1.64 bits per heavy atom. The van der Waals surface area contributed by atoms with Gasteiger partial charge in [0, 0.05) is 11.8 Å². The minimum atomic E-state index is 0.118. The van der Waals surface area contributed by atoms with Crippen LogP contribution in [0.5, 0.6) is 0 Å². The molecule has 0 saturated heterocycles. The van der Waals surface area contributed by atoms with E-state index in [0.29, 0.717) is 6.04 Å². The van der Waals surface area contributed by atoms with Gasteiger partial charge in [-0.3, -0.25) is 9.89 Å². The average Bonchev–Trinajstić information content (AvgIpc) is 2.07. The highest BCUT2D eigenvalue weighted by atomic mass is 16.1. The summed E-state index contributed by atoms with van der Waals surface area (Å²) < 4.78 is 1.75. The Morgan fingerprint density at radius 2 is 2.36 bits per heavy atom. The number of nitrogens with zero attached hydrogens (tertiary/aromatic N) is 1. The van der Waals surface area contributed by atoms with E-state index < -0.39 is 0 Å². The Morgan fingerprint density at radius 3 is 2.73 bits per heavy atom. The van der Waals surface area contributed by atoms with Crippen LogP contribution in [0.1, 0.15) is 31.0 Å². The summed E-state index contributed by atoms with van der Waals surface area (Å²) in [4.78, 5) is 11.2. The van der Waals surface area contributed by atoms with Crippen LogP contribution in [0.2, 0.25) is 0 Å². The van der Waals surface area contributed by atoms with Crippen molar-refractivity contribution in [3.8, 4) is 0 Å². The highest BCUT2D eigenvalue weighted by Crippen LogP contribution is 2.29. The van der Waals surface area contributed by atoms with Crippen molar-refractivity contribution >= 4 is 0 Å². The van der Waals surface area contributed by atoms with E-state index in [1.54, 1.807) is 10.7 Å². The highest BCUT2D eigenvalue weighted by Gasteiger charge is 2.20. The van der Waals surface area contributed by atoms with Gasteiger partial charge in [0.1, 0.15) is 0 Å². The molecule has 1 aliphatic carbocycles. The van der Waals surface area contributed by atoms with Crippen LogP contribution < -0.4 is 5.56 Å². The van der Waals surface area contributed by atoms with Crippen LogP contribution in [0, 0.1) is 6.92 Å². The van der Waals surface area contributed by atoms with Gasteiger partial charge in [-0.05, 0) is 26.2 Å². The fraction of sp³-hybridized carbons (Fsp3) is 0.625. The predicted molar refractivity (Wildman–Crippen MR) is 42.7 cm³/mol. The topological polar surface area (TPSA) is 37.8 Å². The van der Waals surface area contributed by atoms with Gasteiger partial charge in [0.15, 0.2) is 0 Å². The van der Waals surface area contributed by atoms with Crippen LogP contribution in [0.25, 0.3) is 0 Å². The molecule has 60 valence electrons. The molecule has 1 saturated carbocycles. The minimum Gasteiger partial charge on any atom is -0.300 e. The molecule has 0 bridgehead atoms. The van der Waals surface area contributed by atoms with Crippen molar-refractivity contribution in [3.63, 3.8) is 0 Å². The summed E-state index contributed by atoms with van der Waals surface area (Å²) in [5.41, 5.74) is 1.08. The summed E-state index contributed by atoms with van der Waals surface area (Å²) in [5, 5.41) is 3.05. The van der Waals surface area contributed by atoms with Crippen molar-refractivity contribution in [3.05, 3.63) is 22.1 Å². The van der Waals surface area contributed by atoms with Crippen LogP contribution in [-0.4, -0.2) is 9.78 Å². The van der Waals surface area contributed by atoms with E-state index in [2.05, 4.69) is 5.10 Å². The van der Waals surface area contributed by atoms with E-state index >= 15 is 0 Å². The summed E-state index contributed by atoms with van der Waals surface area (Å²) in [6.07, 6.45) is 3.56. The maximum Gasteiger partial charge on any atom is 0.266 e. The van der Waals surface area contributed by atoms with Crippen molar-refractivity contribution in [1.29, 1.82) is 0 Å². The van der Waals surface area contributed by atoms with Crippen molar-refractivity contribution in [1.82, 2.24) is 9.78 Å². The van der Waals surface area contributed by atoms with Gasteiger partial charge in [0.2, 0.25) is 0 Å². The first-order chi connectivity index (χ1) is 5.27. The molecule has 3 nitrogen and oxygen atoms in total. The summed E-state index contributed by atoms with van der Waals surface area (Å²) in [6.45, 7) is 1.91. The lowest BCUT2D eigenvalue weighted by molar-refractivity contribution is 0.282. The predicted octanol–water partition coefficient (Wildman–Crippen LogP) is 1.21. The van der Waals surface area contributed by atoms with Crippen LogP contribution in [-0.2, 0) is 0 Å². The van der Waals surface area contributed by atoms with Gasteiger partial charge in [-0.15, -0.1) is 0 Å². The molecule has 1 aromatic heterocycles. The Balaban J connectivity index is 2.35. The summed E-state index contributed by atoms with van der Waals surface area (Å²) in [7, 11) is 0. The van der Waals surface area contributed by atoms with Gasteiger partial charge in [0.05, 0.1) is 6.04 Å². The molecule has 0 amide bonds. The molecular formula is C8H12N2O. The molecule has 0 unspecified atom stereocenters. The number of aryl methyl sites for hydroxylation is 1. The van der Waals surface area contributed by atoms with Gasteiger partial charge in [0.25, 0.3) is 5.56 Å². The molecular weight excluding hydrogens is 140 g/mol. The quantitative estimate of drug-likeness (QED) is 0.645. The van der Waals surface area contributed by atoms with E-state index in [9.17, 15) is 4.79 Å². The normalized spacial score (nSPS) is 18.3. The highest BCUT2D eigenvalue weighted by molar-refractivity contribution is 4.97. The van der Waals surface area contributed by atoms with Crippen LogP contribution in [0.3, 0.4) is 0 Å². The lowest BCUT2D eigenvalue weighted by atomic mass is 9.93. The molecule has 2 rings (SSSR count). The number of rotatable bonds is 1. The molecule has 0 aliphatic heterocycles. The fourth-order valence-corrected chi connectivity index (χ4v) is 1.45. The van der Waals surface area contributed by atoms with Gasteiger partial charge >= 0.3 is 0 Å². The zero-order valence-corrected chi connectivity index (χ0v) is 6.63. The molecule has 11 heavy (non-hydrogen) atoms. The third-order valence-corrected chi connectivity index (χ3v) is 2.31. The number of hydrogen-bond donors (Lipinski definition) is 1. The molecule has 1 N–H and O–H groups in total. The lowest BCUT2D eigenvalue weighted by Gasteiger charge is -2.25. The molecule has 1 heterocycles. The Labute approximate surface area is 65.0 Å². The summed E-state index contributed by atoms with van der Waals surface area (Å²) in [6, 6.07) is 2.11. The first-order valence-corrected chi connectivity index (χ1v) is 4.05. The Hall–Kier alpha value is -0.990. The molecule has 1 aromatic rings. The zero-order chi connectivity index (χ0) is 7.84.